The number of H-pyrrole nitrogens is 1. The molecule has 3 aliphatic rings. The molecule has 0 saturated carbocycles. The molecule has 0 radical (unpaired) electrons. The summed E-state index contributed by atoms with van der Waals surface area (Å²) >= 11 is 0. The van der Waals surface area contributed by atoms with E-state index in [2.05, 4.69) is 31.5 Å². The maximum atomic E-state index is 6.19. The summed E-state index contributed by atoms with van der Waals surface area (Å²) in [5, 5.41) is 11.0. The zero-order valence-electron chi connectivity index (χ0n) is 13.2. The van der Waals surface area contributed by atoms with E-state index in [1.807, 2.05) is 6.21 Å². The van der Waals surface area contributed by atoms with E-state index in [1.165, 1.54) is 0 Å². The molecule has 7 heteroatoms. The van der Waals surface area contributed by atoms with Crippen molar-refractivity contribution in [1.82, 2.24) is 15.5 Å². The molecule has 0 aliphatic carbocycles. The Balaban J connectivity index is 1.47. The Bertz CT molecular complexity index is 585. The van der Waals surface area contributed by atoms with Gasteiger partial charge in [0.25, 0.3) is 0 Å². The van der Waals surface area contributed by atoms with Gasteiger partial charge < -0.3 is 14.8 Å². The summed E-state index contributed by atoms with van der Waals surface area (Å²) in [4.78, 5) is 6.33. The van der Waals surface area contributed by atoms with E-state index in [1.54, 1.807) is 6.20 Å². The lowest BCUT2D eigenvalue weighted by Crippen LogP contribution is -2.36. The number of aromatic amines is 1. The molecule has 0 unspecified atom stereocenters. The van der Waals surface area contributed by atoms with E-state index in [0.29, 0.717) is 12.5 Å². The lowest BCUT2D eigenvalue weighted by molar-refractivity contribution is 0.0834. The number of nitrogens with zero attached hydrogens (tertiary/aromatic N) is 3. The van der Waals surface area contributed by atoms with E-state index >= 15 is 0 Å². The van der Waals surface area contributed by atoms with Gasteiger partial charge in [-0.05, 0) is 32.4 Å². The third kappa shape index (κ3) is 3.25. The van der Waals surface area contributed by atoms with Crippen LogP contribution in [0.1, 0.15) is 30.9 Å². The van der Waals surface area contributed by atoms with Gasteiger partial charge in [0.2, 0.25) is 5.88 Å². The van der Waals surface area contributed by atoms with Crippen LogP contribution in [0.25, 0.3) is 0 Å². The summed E-state index contributed by atoms with van der Waals surface area (Å²) in [6, 6.07) is 2.11. The van der Waals surface area contributed by atoms with Crippen LogP contribution in [0, 0.1) is 0 Å². The zero-order valence-corrected chi connectivity index (χ0v) is 13.2. The first-order valence-corrected chi connectivity index (χ1v) is 8.40. The Labute approximate surface area is 135 Å². The minimum absolute atomic E-state index is 0.250. The van der Waals surface area contributed by atoms with Crippen LogP contribution in [0.3, 0.4) is 0 Å². The van der Waals surface area contributed by atoms with Gasteiger partial charge >= 0.3 is 0 Å². The molecule has 1 aromatic rings. The number of aromatic nitrogens is 2. The first-order chi connectivity index (χ1) is 11.4. The SMILES string of the molecule is C1=NC=C(OC2CCNCC2)N(c2cc([C@H]3CCOC3)[nH]n2)C1. The first kappa shape index (κ1) is 14.7. The molecular weight excluding hydrogens is 294 g/mol. The molecule has 4 rings (SSSR count). The van der Waals surface area contributed by atoms with Gasteiger partial charge in [-0.25, -0.2) is 0 Å². The van der Waals surface area contributed by atoms with Crippen molar-refractivity contribution in [3.63, 3.8) is 0 Å². The molecule has 0 amide bonds. The van der Waals surface area contributed by atoms with Gasteiger partial charge in [0.15, 0.2) is 5.82 Å². The summed E-state index contributed by atoms with van der Waals surface area (Å²) in [6.45, 7) is 4.31. The van der Waals surface area contributed by atoms with Crippen molar-refractivity contribution in [2.45, 2.75) is 31.3 Å². The number of hydrogen-bond donors (Lipinski definition) is 2. The summed E-state index contributed by atoms with van der Waals surface area (Å²) in [6.07, 6.45) is 7.03. The maximum Gasteiger partial charge on any atom is 0.214 e. The van der Waals surface area contributed by atoms with Crippen LogP contribution in [-0.2, 0) is 9.47 Å². The number of ether oxygens (including phenoxy) is 2. The minimum atomic E-state index is 0.250. The van der Waals surface area contributed by atoms with Gasteiger partial charge in [0.05, 0.1) is 19.4 Å². The predicted octanol–water partition coefficient (Wildman–Crippen LogP) is 1.37. The van der Waals surface area contributed by atoms with E-state index in [4.69, 9.17) is 9.47 Å². The van der Waals surface area contributed by atoms with Crippen LogP contribution in [-0.4, -0.2) is 55.4 Å². The first-order valence-electron chi connectivity index (χ1n) is 8.40. The zero-order chi connectivity index (χ0) is 15.5. The number of hydrogen-bond acceptors (Lipinski definition) is 6. The van der Waals surface area contributed by atoms with Gasteiger partial charge in [0, 0.05) is 30.5 Å². The molecular formula is C16H23N5O2. The Hall–Kier alpha value is -1.86. The van der Waals surface area contributed by atoms with Crippen molar-refractivity contribution >= 4 is 12.0 Å². The maximum absolute atomic E-state index is 6.19. The Morgan fingerprint density at radius 3 is 3.00 bits per heavy atom. The average molecular weight is 317 g/mol. The highest BCUT2D eigenvalue weighted by molar-refractivity contribution is 5.69. The normalized spacial score (nSPS) is 25.7. The van der Waals surface area contributed by atoms with Crippen molar-refractivity contribution in [3.05, 3.63) is 23.8 Å². The predicted molar refractivity (Wildman–Crippen MR) is 87.7 cm³/mol. The summed E-state index contributed by atoms with van der Waals surface area (Å²) in [7, 11) is 0. The van der Waals surface area contributed by atoms with Crippen LogP contribution in [0.4, 0.5) is 5.82 Å². The van der Waals surface area contributed by atoms with Crippen molar-refractivity contribution in [2.24, 2.45) is 4.99 Å². The van der Waals surface area contributed by atoms with Crippen molar-refractivity contribution in [1.29, 1.82) is 0 Å². The van der Waals surface area contributed by atoms with Crippen LogP contribution >= 0.6 is 0 Å². The molecule has 2 saturated heterocycles. The van der Waals surface area contributed by atoms with Gasteiger partial charge in [-0.15, -0.1) is 0 Å². The van der Waals surface area contributed by atoms with Crippen molar-refractivity contribution in [3.8, 4) is 0 Å². The van der Waals surface area contributed by atoms with Crippen molar-refractivity contribution in [2.75, 3.05) is 37.7 Å². The molecule has 0 spiro atoms. The van der Waals surface area contributed by atoms with Gasteiger partial charge in [0.1, 0.15) is 6.10 Å². The monoisotopic (exact) mass is 317 g/mol. The molecule has 2 fully saturated rings. The fraction of sp³-hybridized carbons (Fsp3) is 0.625. The van der Waals surface area contributed by atoms with Crippen LogP contribution < -0.4 is 10.2 Å². The van der Waals surface area contributed by atoms with Gasteiger partial charge in [-0.3, -0.25) is 15.0 Å². The van der Waals surface area contributed by atoms with Crippen LogP contribution in [0.15, 0.2) is 23.1 Å². The van der Waals surface area contributed by atoms with Crippen LogP contribution in [0.2, 0.25) is 0 Å². The molecule has 2 N–H and O–H groups in total. The second kappa shape index (κ2) is 6.72. The fourth-order valence-corrected chi connectivity index (χ4v) is 3.24. The Morgan fingerprint density at radius 1 is 1.26 bits per heavy atom. The lowest BCUT2D eigenvalue weighted by atomic mass is 10.1. The molecule has 0 bridgehead atoms. The molecule has 23 heavy (non-hydrogen) atoms. The second-order valence-electron chi connectivity index (χ2n) is 6.22. The number of nitrogens with one attached hydrogen (secondary N) is 2. The smallest absolute Gasteiger partial charge is 0.214 e. The van der Waals surface area contributed by atoms with Gasteiger partial charge in [-0.1, -0.05) is 0 Å². The highest BCUT2D eigenvalue weighted by Crippen LogP contribution is 2.28. The lowest BCUT2D eigenvalue weighted by Gasteiger charge is -2.30. The Kier molecular flexibility index (Phi) is 4.30. The van der Waals surface area contributed by atoms with E-state index < -0.39 is 0 Å². The standard InChI is InChI=1S/C16H23N5O2/c1-4-17-5-2-13(1)23-16-10-18-6-7-21(16)15-9-14(19-20-15)12-3-8-22-11-12/h6,9-10,12-13,17H,1-5,7-8,11H2,(H,19,20)/t12-/m0/s1. The van der Waals surface area contributed by atoms with E-state index in [9.17, 15) is 0 Å². The summed E-state index contributed by atoms with van der Waals surface area (Å²) < 4.78 is 11.7. The largest absolute Gasteiger partial charge is 0.474 e. The molecule has 1 aromatic heterocycles. The molecule has 0 aromatic carbocycles. The molecule has 4 heterocycles. The molecule has 1 atom stereocenters. The van der Waals surface area contributed by atoms with E-state index in [0.717, 1.165) is 63.0 Å². The highest BCUT2D eigenvalue weighted by Gasteiger charge is 2.25. The highest BCUT2D eigenvalue weighted by atomic mass is 16.5. The van der Waals surface area contributed by atoms with Crippen LogP contribution in [0.5, 0.6) is 0 Å². The number of anilines is 1. The minimum Gasteiger partial charge on any atom is -0.474 e. The number of rotatable bonds is 4. The molecule has 7 nitrogen and oxygen atoms in total. The van der Waals surface area contributed by atoms with E-state index in [-0.39, 0.29) is 6.10 Å². The third-order valence-corrected chi connectivity index (χ3v) is 4.62. The average Bonchev–Trinajstić information content (AvgIpc) is 3.28. The number of aliphatic imine (C=N–C) groups is 1. The Morgan fingerprint density at radius 2 is 2.17 bits per heavy atom. The third-order valence-electron chi connectivity index (χ3n) is 4.62. The fourth-order valence-electron chi connectivity index (χ4n) is 3.24. The molecule has 3 aliphatic heterocycles. The topological polar surface area (TPSA) is 74.8 Å². The van der Waals surface area contributed by atoms with Crippen molar-refractivity contribution < 1.29 is 9.47 Å². The summed E-state index contributed by atoms with van der Waals surface area (Å²) in [5.41, 5.74) is 1.14. The summed E-state index contributed by atoms with van der Waals surface area (Å²) in [5.74, 6) is 2.10. The quantitative estimate of drug-likeness (QED) is 0.877. The molecule has 124 valence electrons. The van der Waals surface area contributed by atoms with Gasteiger partial charge in [-0.2, -0.15) is 5.10 Å². The second-order valence-corrected chi connectivity index (χ2v) is 6.22. The number of piperidine rings is 1.